The smallest absolute Gasteiger partial charge is 0.254 e. The minimum Gasteiger partial charge on any atom is -0.352 e. The van der Waals surface area contributed by atoms with Gasteiger partial charge in [-0.15, -0.1) is 0 Å². The van der Waals surface area contributed by atoms with Gasteiger partial charge in [0.2, 0.25) is 17.7 Å². The van der Waals surface area contributed by atoms with Crippen LogP contribution in [0.1, 0.15) is 47.7 Å². The zero-order valence-electron chi connectivity index (χ0n) is 13.4. The second kappa shape index (κ2) is 6.43. The summed E-state index contributed by atoms with van der Waals surface area (Å²) in [4.78, 5) is 48.6. The number of rotatable bonds is 4. The van der Waals surface area contributed by atoms with Crippen molar-refractivity contribution in [1.29, 1.82) is 0 Å². The third kappa shape index (κ3) is 3.15. The van der Waals surface area contributed by atoms with Gasteiger partial charge < -0.3 is 10.2 Å². The second-order valence-corrected chi connectivity index (χ2v) is 6.09. The summed E-state index contributed by atoms with van der Waals surface area (Å²) in [6.07, 6.45) is 0.713. The van der Waals surface area contributed by atoms with E-state index in [1.54, 1.807) is 17.9 Å². The molecule has 126 valence electrons. The van der Waals surface area contributed by atoms with Gasteiger partial charge in [0.05, 0.1) is 0 Å². The molecule has 1 aromatic carbocycles. The van der Waals surface area contributed by atoms with E-state index in [-0.39, 0.29) is 36.5 Å². The van der Waals surface area contributed by atoms with Crippen LogP contribution in [-0.2, 0) is 27.5 Å². The molecule has 1 aromatic rings. The van der Waals surface area contributed by atoms with E-state index in [1.807, 2.05) is 12.1 Å². The maximum Gasteiger partial charge on any atom is 0.254 e. The third-order valence-electron chi connectivity index (χ3n) is 4.37. The number of fused-ring (bicyclic) bond motifs is 1. The monoisotopic (exact) mass is 329 g/mol. The van der Waals surface area contributed by atoms with Crippen molar-refractivity contribution in [3.8, 4) is 0 Å². The minimum atomic E-state index is -0.394. The fourth-order valence-electron chi connectivity index (χ4n) is 3.11. The summed E-state index contributed by atoms with van der Waals surface area (Å²) in [6.45, 7) is 2.59. The van der Waals surface area contributed by atoms with Crippen LogP contribution in [0.25, 0.3) is 0 Å². The highest BCUT2D eigenvalue weighted by Crippen LogP contribution is 2.28. The molecular weight excluding hydrogens is 310 g/mol. The summed E-state index contributed by atoms with van der Waals surface area (Å²) in [7, 11) is 0. The third-order valence-corrected chi connectivity index (χ3v) is 4.37. The van der Waals surface area contributed by atoms with E-state index in [9.17, 15) is 19.2 Å². The van der Waals surface area contributed by atoms with E-state index < -0.39 is 6.04 Å². The van der Waals surface area contributed by atoms with Crippen molar-refractivity contribution in [2.75, 3.05) is 0 Å². The number of nitrogens with one attached hydrogen (secondary N) is 2. The van der Waals surface area contributed by atoms with Crippen molar-refractivity contribution in [3.63, 3.8) is 0 Å². The fraction of sp³-hybridized carbons (Fsp3) is 0.412. The van der Waals surface area contributed by atoms with Gasteiger partial charge >= 0.3 is 0 Å². The number of carbonyl (C=O) groups excluding carboxylic acids is 4. The van der Waals surface area contributed by atoms with E-state index in [0.29, 0.717) is 25.1 Å². The number of carbonyl (C=O) groups is 4. The van der Waals surface area contributed by atoms with Crippen LogP contribution in [-0.4, -0.2) is 34.6 Å². The summed E-state index contributed by atoms with van der Waals surface area (Å²) in [6, 6.07) is 5.06. The van der Waals surface area contributed by atoms with Crippen LogP contribution in [0, 0.1) is 0 Å². The van der Waals surface area contributed by atoms with E-state index >= 15 is 0 Å². The van der Waals surface area contributed by atoms with Crippen LogP contribution in [0.15, 0.2) is 18.2 Å². The van der Waals surface area contributed by atoms with E-state index in [4.69, 9.17) is 0 Å². The SMILES string of the molecule is CCC(=O)NCc1ccc2c(c1)CN(C1CC(=O)NC(=O)C1)C2=O. The predicted molar refractivity (Wildman–Crippen MR) is 84.6 cm³/mol. The topological polar surface area (TPSA) is 95.6 Å². The lowest BCUT2D eigenvalue weighted by molar-refractivity contribution is -0.135. The first-order valence-electron chi connectivity index (χ1n) is 8.00. The molecule has 0 unspecified atom stereocenters. The number of nitrogens with zero attached hydrogens (tertiary/aromatic N) is 1. The van der Waals surface area contributed by atoms with Gasteiger partial charge in [-0.1, -0.05) is 19.1 Å². The van der Waals surface area contributed by atoms with Crippen molar-refractivity contribution in [2.24, 2.45) is 0 Å². The maximum absolute atomic E-state index is 12.5. The molecule has 0 atom stereocenters. The van der Waals surface area contributed by atoms with Gasteiger partial charge in [-0.05, 0) is 17.2 Å². The van der Waals surface area contributed by atoms with Crippen LogP contribution in [0.4, 0.5) is 0 Å². The van der Waals surface area contributed by atoms with Crippen molar-refractivity contribution >= 4 is 23.6 Å². The summed E-state index contributed by atoms with van der Waals surface area (Å²) < 4.78 is 0. The van der Waals surface area contributed by atoms with Crippen LogP contribution >= 0.6 is 0 Å². The first kappa shape index (κ1) is 16.2. The molecule has 0 bridgehead atoms. The Bertz CT molecular complexity index is 713. The van der Waals surface area contributed by atoms with Crippen LogP contribution in [0.5, 0.6) is 0 Å². The molecule has 0 aliphatic carbocycles. The molecule has 0 spiro atoms. The van der Waals surface area contributed by atoms with Gasteiger partial charge in [0.25, 0.3) is 5.91 Å². The van der Waals surface area contributed by atoms with E-state index in [1.165, 1.54) is 0 Å². The lowest BCUT2D eigenvalue weighted by Crippen LogP contribution is -2.48. The molecular formula is C17H19N3O4. The summed E-state index contributed by atoms with van der Waals surface area (Å²) in [5, 5.41) is 5.06. The Balaban J connectivity index is 1.73. The Morgan fingerprint density at radius 3 is 2.62 bits per heavy atom. The first-order valence-corrected chi connectivity index (χ1v) is 8.00. The Kier molecular flexibility index (Phi) is 4.33. The first-order chi connectivity index (χ1) is 11.5. The Morgan fingerprint density at radius 1 is 1.25 bits per heavy atom. The maximum atomic E-state index is 12.5. The van der Waals surface area contributed by atoms with Crippen LogP contribution in [0.3, 0.4) is 0 Å². The molecule has 0 saturated carbocycles. The average molecular weight is 329 g/mol. The molecule has 0 aromatic heterocycles. The lowest BCUT2D eigenvalue weighted by Gasteiger charge is -2.29. The Morgan fingerprint density at radius 2 is 1.96 bits per heavy atom. The minimum absolute atomic E-state index is 0.0278. The molecule has 2 aliphatic heterocycles. The molecule has 7 heteroatoms. The molecule has 0 radical (unpaired) electrons. The second-order valence-electron chi connectivity index (χ2n) is 6.09. The highest BCUT2D eigenvalue weighted by molar-refractivity contribution is 6.02. The number of hydrogen-bond acceptors (Lipinski definition) is 4. The van der Waals surface area contributed by atoms with Gasteiger partial charge in [0.15, 0.2) is 0 Å². The van der Waals surface area contributed by atoms with Gasteiger partial charge in [-0.2, -0.15) is 0 Å². The average Bonchev–Trinajstić information content (AvgIpc) is 2.88. The van der Waals surface area contributed by atoms with Gasteiger partial charge in [-0.3, -0.25) is 24.5 Å². The van der Waals surface area contributed by atoms with Gasteiger partial charge in [0, 0.05) is 44.0 Å². The van der Waals surface area contributed by atoms with Crippen molar-refractivity contribution < 1.29 is 19.2 Å². The van der Waals surface area contributed by atoms with Crippen LogP contribution in [0.2, 0.25) is 0 Å². The number of hydrogen-bond donors (Lipinski definition) is 2. The summed E-state index contributed by atoms with van der Waals surface area (Å²) >= 11 is 0. The quantitative estimate of drug-likeness (QED) is 0.785. The van der Waals surface area contributed by atoms with E-state index in [2.05, 4.69) is 10.6 Å². The van der Waals surface area contributed by atoms with E-state index in [0.717, 1.165) is 11.1 Å². The molecule has 1 fully saturated rings. The molecule has 1 saturated heterocycles. The Labute approximate surface area is 139 Å². The van der Waals surface area contributed by atoms with Crippen molar-refractivity contribution in [1.82, 2.24) is 15.5 Å². The standard InChI is InChI=1S/C17H19N3O4/c1-2-14(21)18-8-10-3-4-13-11(5-10)9-20(17(13)24)12-6-15(22)19-16(23)7-12/h3-5,12H,2,6-9H2,1H3,(H,18,21)(H,19,22,23). The molecule has 2 aliphatic rings. The number of piperidine rings is 1. The van der Waals surface area contributed by atoms with Crippen molar-refractivity contribution in [3.05, 3.63) is 34.9 Å². The number of benzene rings is 1. The predicted octanol–water partition coefficient (Wildman–Crippen LogP) is 0.474. The zero-order valence-corrected chi connectivity index (χ0v) is 13.4. The van der Waals surface area contributed by atoms with Crippen LogP contribution < -0.4 is 10.6 Å². The molecule has 24 heavy (non-hydrogen) atoms. The normalized spacial score (nSPS) is 17.7. The highest BCUT2D eigenvalue weighted by Gasteiger charge is 2.37. The number of imide groups is 1. The molecule has 2 heterocycles. The molecule has 2 N–H and O–H groups in total. The molecule has 3 rings (SSSR count). The van der Waals surface area contributed by atoms with Gasteiger partial charge in [0.1, 0.15) is 0 Å². The largest absolute Gasteiger partial charge is 0.352 e. The fourth-order valence-corrected chi connectivity index (χ4v) is 3.11. The molecule has 4 amide bonds. The zero-order chi connectivity index (χ0) is 17.3. The van der Waals surface area contributed by atoms with Crippen molar-refractivity contribution in [2.45, 2.75) is 45.3 Å². The van der Waals surface area contributed by atoms with Gasteiger partial charge in [-0.25, -0.2) is 0 Å². The highest BCUT2D eigenvalue weighted by atomic mass is 16.2. The Hall–Kier alpha value is -2.70. The summed E-state index contributed by atoms with van der Waals surface area (Å²) in [5.41, 5.74) is 2.38. The summed E-state index contributed by atoms with van der Waals surface area (Å²) in [5.74, 6) is -0.868. The number of amides is 4. The lowest BCUT2D eigenvalue weighted by atomic mass is 10.0. The molecule has 7 nitrogen and oxygen atoms in total.